The highest BCUT2D eigenvalue weighted by atomic mass is 16.5. The summed E-state index contributed by atoms with van der Waals surface area (Å²) in [6.45, 7) is 3.88. The largest absolute Gasteiger partial charge is 0.450 e. The van der Waals surface area contributed by atoms with E-state index in [-0.39, 0.29) is 29.4 Å². The Balaban J connectivity index is 1.32. The quantitative estimate of drug-likeness (QED) is 0.0990. The number of rotatable bonds is 8. The molecular formula is C36H32N2O5. The monoisotopic (exact) mass is 572 g/mol. The van der Waals surface area contributed by atoms with Gasteiger partial charge in [-0.05, 0) is 56.5 Å². The summed E-state index contributed by atoms with van der Waals surface area (Å²) in [5.41, 5.74) is 4.15. The number of aromatic nitrogens is 1. The Kier molecular flexibility index (Phi) is 7.72. The molecule has 2 amide bonds. The normalized spacial score (nSPS) is 18.5. The molecule has 1 aliphatic carbocycles. The van der Waals surface area contributed by atoms with Crippen molar-refractivity contribution in [2.75, 3.05) is 4.90 Å². The van der Waals surface area contributed by atoms with Gasteiger partial charge in [0, 0.05) is 16.5 Å². The molecule has 0 radical (unpaired) electrons. The van der Waals surface area contributed by atoms with E-state index in [1.807, 2.05) is 50.3 Å². The van der Waals surface area contributed by atoms with Crippen LogP contribution in [0.2, 0.25) is 0 Å². The average Bonchev–Trinajstić information content (AvgIpc) is 3.29. The van der Waals surface area contributed by atoms with Crippen LogP contribution in [-0.4, -0.2) is 34.7 Å². The summed E-state index contributed by atoms with van der Waals surface area (Å²) in [7, 11) is 0. The number of esters is 1. The summed E-state index contributed by atoms with van der Waals surface area (Å²) in [4.78, 5) is 59.2. The Morgan fingerprint density at radius 2 is 1.58 bits per heavy atom. The third kappa shape index (κ3) is 5.39. The van der Waals surface area contributed by atoms with Crippen LogP contribution in [-0.2, 0) is 14.3 Å². The van der Waals surface area contributed by atoms with Crippen LogP contribution in [0.5, 0.6) is 0 Å². The highest BCUT2D eigenvalue weighted by Crippen LogP contribution is 2.38. The molecular weight excluding hydrogens is 540 g/mol. The Morgan fingerprint density at radius 1 is 0.907 bits per heavy atom. The smallest absolute Gasteiger partial charge is 0.339 e. The zero-order valence-electron chi connectivity index (χ0n) is 24.2. The van der Waals surface area contributed by atoms with E-state index < -0.39 is 12.1 Å². The number of anilines is 1. The molecule has 2 aliphatic rings. The maximum Gasteiger partial charge on any atom is 0.339 e. The molecule has 0 saturated carbocycles. The molecule has 3 unspecified atom stereocenters. The lowest BCUT2D eigenvalue weighted by Crippen LogP contribution is -2.30. The molecule has 216 valence electrons. The number of ether oxygens (including phenoxy) is 1. The van der Waals surface area contributed by atoms with E-state index in [2.05, 4.69) is 0 Å². The maximum absolute atomic E-state index is 13.7. The second kappa shape index (κ2) is 11.8. The van der Waals surface area contributed by atoms with Gasteiger partial charge in [0.1, 0.15) is 0 Å². The fourth-order valence-corrected chi connectivity index (χ4v) is 5.98. The van der Waals surface area contributed by atoms with Gasteiger partial charge in [-0.15, -0.1) is 0 Å². The first kappa shape index (κ1) is 28.2. The van der Waals surface area contributed by atoms with Crippen molar-refractivity contribution in [2.45, 2.75) is 45.6 Å². The first-order chi connectivity index (χ1) is 20.9. The number of hydrogen-bond acceptors (Lipinski definition) is 6. The van der Waals surface area contributed by atoms with E-state index in [1.54, 1.807) is 54.6 Å². The van der Waals surface area contributed by atoms with Crippen LogP contribution in [0.4, 0.5) is 5.69 Å². The van der Waals surface area contributed by atoms with Crippen molar-refractivity contribution in [2.24, 2.45) is 11.8 Å². The van der Waals surface area contributed by atoms with Gasteiger partial charge in [-0.3, -0.25) is 19.3 Å². The molecule has 7 heteroatoms. The van der Waals surface area contributed by atoms with Gasteiger partial charge in [-0.1, -0.05) is 79.6 Å². The molecule has 0 N–H and O–H groups in total. The number of carbonyl (C=O) groups excluding carboxylic acids is 4. The predicted octanol–water partition coefficient (Wildman–Crippen LogP) is 6.87. The number of amides is 2. The highest BCUT2D eigenvalue weighted by Gasteiger charge is 2.47. The minimum Gasteiger partial charge on any atom is -0.450 e. The number of fused-ring (bicyclic) bond motifs is 2. The van der Waals surface area contributed by atoms with Crippen LogP contribution in [0.1, 0.15) is 58.9 Å². The van der Waals surface area contributed by atoms with Crippen molar-refractivity contribution in [1.82, 2.24) is 4.98 Å². The number of hydrogen-bond donors (Lipinski definition) is 0. The zero-order chi connectivity index (χ0) is 30.1. The number of nitrogens with zero attached hydrogens (tertiary/aromatic N) is 2. The Hall–Kier alpha value is -4.91. The summed E-state index contributed by atoms with van der Waals surface area (Å²) >= 11 is 0. The van der Waals surface area contributed by atoms with Crippen molar-refractivity contribution in [3.05, 3.63) is 108 Å². The van der Waals surface area contributed by atoms with E-state index in [4.69, 9.17) is 9.72 Å². The van der Waals surface area contributed by atoms with Gasteiger partial charge in [-0.25, -0.2) is 9.78 Å². The first-order valence-corrected chi connectivity index (χ1v) is 14.7. The van der Waals surface area contributed by atoms with Crippen LogP contribution in [0.3, 0.4) is 0 Å². The van der Waals surface area contributed by atoms with Crippen LogP contribution in [0, 0.1) is 18.8 Å². The molecule has 1 aliphatic heterocycles. The van der Waals surface area contributed by atoms with Gasteiger partial charge in [0.15, 0.2) is 6.10 Å². The zero-order valence-corrected chi connectivity index (χ0v) is 24.2. The van der Waals surface area contributed by atoms with E-state index in [9.17, 15) is 19.2 Å². The summed E-state index contributed by atoms with van der Waals surface area (Å²) < 4.78 is 5.89. The number of benzene rings is 3. The molecule has 7 nitrogen and oxygen atoms in total. The van der Waals surface area contributed by atoms with Gasteiger partial charge >= 0.3 is 5.97 Å². The molecule has 1 saturated heterocycles. The van der Waals surface area contributed by atoms with Gasteiger partial charge < -0.3 is 4.74 Å². The number of imide groups is 1. The van der Waals surface area contributed by atoms with Crippen LogP contribution in [0.25, 0.3) is 22.2 Å². The lowest BCUT2D eigenvalue weighted by atomic mass is 9.85. The van der Waals surface area contributed by atoms with Gasteiger partial charge in [0.2, 0.25) is 17.6 Å². The summed E-state index contributed by atoms with van der Waals surface area (Å²) in [6.07, 6.45) is 5.27. The molecule has 2 heterocycles. The number of allylic oxidation sites excluding steroid dienone is 2. The molecule has 3 aromatic carbocycles. The van der Waals surface area contributed by atoms with Crippen molar-refractivity contribution in [3.63, 3.8) is 0 Å². The molecule has 6 rings (SSSR count). The summed E-state index contributed by atoms with van der Waals surface area (Å²) in [6, 6.07) is 23.3. The topological polar surface area (TPSA) is 93.6 Å². The van der Waals surface area contributed by atoms with Crippen molar-refractivity contribution >= 4 is 40.2 Å². The van der Waals surface area contributed by atoms with E-state index in [0.717, 1.165) is 5.56 Å². The van der Waals surface area contributed by atoms with E-state index in [1.165, 1.54) is 4.90 Å². The molecule has 1 fully saturated rings. The number of Topliss-reactive ketones (excluding diaryl/α,β-unsaturated/α-hetero) is 1. The Bertz CT molecular complexity index is 1730. The molecule has 4 aromatic rings. The SMILES string of the molecule is CCCC(OC(=O)c1cc(-c2ccc(N3C(=O)C4CC=CCC4C3=O)cc2)nc2ccc(C)cc12)C(=O)c1ccccc1. The molecule has 43 heavy (non-hydrogen) atoms. The van der Waals surface area contributed by atoms with Crippen molar-refractivity contribution < 1.29 is 23.9 Å². The van der Waals surface area contributed by atoms with E-state index in [0.29, 0.717) is 64.7 Å². The number of aryl methyl sites for hydroxylation is 1. The summed E-state index contributed by atoms with van der Waals surface area (Å²) in [5, 5.41) is 0.636. The minimum absolute atomic E-state index is 0.164. The number of carbonyl (C=O) groups is 4. The lowest BCUT2D eigenvalue weighted by Gasteiger charge is -2.18. The maximum atomic E-state index is 13.7. The third-order valence-electron chi connectivity index (χ3n) is 8.26. The molecule has 0 bridgehead atoms. The number of ketones is 1. The molecule has 1 aromatic heterocycles. The van der Waals surface area contributed by atoms with E-state index >= 15 is 0 Å². The van der Waals surface area contributed by atoms with Crippen molar-refractivity contribution in [3.8, 4) is 11.3 Å². The minimum atomic E-state index is -0.912. The Labute approximate surface area is 250 Å². The fourth-order valence-electron chi connectivity index (χ4n) is 5.98. The second-order valence-electron chi connectivity index (χ2n) is 11.2. The van der Waals surface area contributed by atoms with Crippen molar-refractivity contribution in [1.29, 1.82) is 0 Å². The van der Waals surface area contributed by atoms with Gasteiger partial charge in [-0.2, -0.15) is 0 Å². The standard InChI is InChI=1S/C36H32N2O5/c1-3-9-32(33(39)24-10-5-4-6-11-24)43-36(42)29-21-31(37-30-19-14-22(2)20-28(29)30)23-15-17-25(18-16-23)38-34(40)26-12-7-8-13-27(26)35(38)41/h4-8,10-11,14-21,26-27,32H,3,9,12-13H2,1-2H3. The number of pyridine rings is 1. The van der Waals surface area contributed by atoms with Crippen LogP contribution in [0.15, 0.2) is 91.0 Å². The van der Waals surface area contributed by atoms with Gasteiger partial charge in [0.25, 0.3) is 0 Å². The average molecular weight is 573 g/mol. The Morgan fingerprint density at radius 3 is 2.23 bits per heavy atom. The lowest BCUT2D eigenvalue weighted by molar-refractivity contribution is -0.122. The van der Waals surface area contributed by atoms with Crippen LogP contribution < -0.4 is 4.90 Å². The van der Waals surface area contributed by atoms with Gasteiger partial charge in [0.05, 0.1) is 34.3 Å². The highest BCUT2D eigenvalue weighted by molar-refractivity contribution is 6.22. The molecule has 3 atom stereocenters. The predicted molar refractivity (Wildman–Crippen MR) is 165 cm³/mol. The van der Waals surface area contributed by atoms with Crippen LogP contribution >= 0.6 is 0 Å². The summed E-state index contributed by atoms with van der Waals surface area (Å²) in [5.74, 6) is -1.76. The third-order valence-corrected chi connectivity index (χ3v) is 8.26. The first-order valence-electron chi connectivity index (χ1n) is 14.7. The fraction of sp³-hybridized carbons (Fsp3) is 0.250. The molecule has 0 spiro atoms. The second-order valence-corrected chi connectivity index (χ2v) is 11.2.